The van der Waals surface area contributed by atoms with E-state index in [4.69, 9.17) is 11.6 Å². The standard InChI is InChI=1S/C21H23F3N6O2/c22-11-7-15(23)18(16(24)8-11)28-21-27-17-9-25-20(26-12-1-3-14(31)4-2-12)29-19(17)30(21)13-5-6-32-10-13/h7-9,12-14,31H,1-6,10H2,(H,27,28)(H,25,26,29)/i1D,4D2,12D,14D. The summed E-state index contributed by atoms with van der Waals surface area (Å²) < 4.78 is 89.8. The Kier molecular flexibility index (Phi) is 4.22. The van der Waals surface area contributed by atoms with Crippen molar-refractivity contribution in [2.24, 2.45) is 0 Å². The molecule has 4 unspecified atom stereocenters. The highest BCUT2D eigenvalue weighted by Gasteiger charge is 2.27. The van der Waals surface area contributed by atoms with E-state index < -0.39 is 60.8 Å². The predicted octanol–water partition coefficient (Wildman–Crippen LogP) is 3.66. The number of benzene rings is 1. The van der Waals surface area contributed by atoms with Crippen molar-refractivity contribution in [3.63, 3.8) is 0 Å². The third-order valence-corrected chi connectivity index (χ3v) is 5.24. The molecule has 0 bridgehead atoms. The predicted molar refractivity (Wildman–Crippen MR) is 111 cm³/mol. The highest BCUT2D eigenvalue weighted by molar-refractivity contribution is 5.76. The van der Waals surface area contributed by atoms with Gasteiger partial charge in [0, 0.05) is 28.9 Å². The number of ether oxygens (including phenoxy) is 1. The lowest BCUT2D eigenvalue weighted by Crippen LogP contribution is -2.29. The van der Waals surface area contributed by atoms with Crippen LogP contribution in [0.15, 0.2) is 18.3 Å². The minimum atomic E-state index is -2.52. The molecule has 1 aliphatic carbocycles. The summed E-state index contributed by atoms with van der Waals surface area (Å²) >= 11 is 0. The van der Waals surface area contributed by atoms with Crippen molar-refractivity contribution in [2.45, 2.75) is 50.2 Å². The van der Waals surface area contributed by atoms with Crippen LogP contribution in [0, 0.1) is 17.5 Å². The van der Waals surface area contributed by atoms with E-state index >= 15 is 0 Å². The zero-order valence-corrected chi connectivity index (χ0v) is 16.7. The lowest BCUT2D eigenvalue weighted by molar-refractivity contribution is 0.126. The van der Waals surface area contributed by atoms with Crippen LogP contribution in [0.4, 0.5) is 30.8 Å². The van der Waals surface area contributed by atoms with Gasteiger partial charge in [0.15, 0.2) is 17.3 Å². The van der Waals surface area contributed by atoms with Gasteiger partial charge in [-0.25, -0.2) is 23.1 Å². The summed E-state index contributed by atoms with van der Waals surface area (Å²) in [6.45, 7) is 0.668. The summed E-state index contributed by atoms with van der Waals surface area (Å²) in [4.78, 5) is 12.8. The average Bonchev–Trinajstić information content (AvgIpc) is 3.41. The van der Waals surface area contributed by atoms with Gasteiger partial charge < -0.3 is 20.5 Å². The van der Waals surface area contributed by atoms with Crippen molar-refractivity contribution in [3.05, 3.63) is 35.8 Å². The second-order valence-electron chi connectivity index (χ2n) is 7.45. The van der Waals surface area contributed by atoms with Gasteiger partial charge >= 0.3 is 0 Å². The van der Waals surface area contributed by atoms with Crippen molar-refractivity contribution in [3.8, 4) is 0 Å². The van der Waals surface area contributed by atoms with Gasteiger partial charge in [0.2, 0.25) is 11.9 Å². The van der Waals surface area contributed by atoms with Gasteiger partial charge in [0.05, 0.1) is 27.7 Å². The van der Waals surface area contributed by atoms with Crippen LogP contribution >= 0.6 is 0 Å². The van der Waals surface area contributed by atoms with Gasteiger partial charge in [-0.15, -0.1) is 0 Å². The molecule has 1 aromatic carbocycles. The Hall–Kier alpha value is -2.92. The number of nitrogens with one attached hydrogen (secondary N) is 2. The van der Waals surface area contributed by atoms with Crippen LogP contribution in [0.2, 0.25) is 0 Å². The summed E-state index contributed by atoms with van der Waals surface area (Å²) in [6, 6.07) is -1.24. The van der Waals surface area contributed by atoms with E-state index in [-0.39, 0.29) is 35.7 Å². The lowest BCUT2D eigenvalue weighted by Gasteiger charge is -2.26. The minimum Gasteiger partial charge on any atom is -0.393 e. The fourth-order valence-electron chi connectivity index (χ4n) is 3.68. The number of imidazole rings is 1. The molecule has 11 heteroatoms. The van der Waals surface area contributed by atoms with Gasteiger partial charge in [-0.1, -0.05) is 0 Å². The number of aliphatic hydroxyl groups is 1. The molecule has 4 atom stereocenters. The smallest absolute Gasteiger partial charge is 0.224 e. The molecule has 3 aromatic rings. The number of halogens is 3. The molecule has 2 fully saturated rings. The highest BCUT2D eigenvalue weighted by Crippen LogP contribution is 2.32. The summed E-state index contributed by atoms with van der Waals surface area (Å²) in [5.74, 6) is -3.55. The minimum absolute atomic E-state index is 0.00594. The number of rotatable bonds is 5. The van der Waals surface area contributed by atoms with Crippen LogP contribution in [0.5, 0.6) is 0 Å². The number of hydrogen-bond donors (Lipinski definition) is 3. The molecule has 1 saturated carbocycles. The van der Waals surface area contributed by atoms with E-state index in [9.17, 15) is 18.3 Å². The Balaban J connectivity index is 1.53. The number of anilines is 3. The largest absolute Gasteiger partial charge is 0.393 e. The molecule has 1 aliphatic heterocycles. The Bertz CT molecular complexity index is 1330. The highest BCUT2D eigenvalue weighted by atomic mass is 19.1. The van der Waals surface area contributed by atoms with Crippen molar-refractivity contribution in [1.29, 1.82) is 0 Å². The van der Waals surface area contributed by atoms with Crippen LogP contribution in [0.25, 0.3) is 11.2 Å². The first-order valence-electron chi connectivity index (χ1n) is 12.5. The molecular weight excluding hydrogens is 425 g/mol. The fraction of sp³-hybridized carbons (Fsp3) is 0.476. The third kappa shape index (κ3) is 4.09. The van der Waals surface area contributed by atoms with Crippen molar-refractivity contribution in [2.75, 3.05) is 23.8 Å². The number of hydrogen-bond acceptors (Lipinski definition) is 7. The molecule has 32 heavy (non-hydrogen) atoms. The summed E-state index contributed by atoms with van der Waals surface area (Å²) in [5, 5.41) is 15.3. The molecule has 1 saturated heterocycles. The summed E-state index contributed by atoms with van der Waals surface area (Å²) in [5.41, 5.74) is -0.180. The first kappa shape index (κ1) is 15.8. The van der Waals surface area contributed by atoms with Crippen LogP contribution in [-0.2, 0) is 4.74 Å². The van der Waals surface area contributed by atoms with Crippen molar-refractivity contribution < 1.29 is 29.9 Å². The molecule has 3 N–H and O–H groups in total. The Morgan fingerprint density at radius 2 is 2.00 bits per heavy atom. The molecule has 170 valence electrons. The Morgan fingerprint density at radius 3 is 2.75 bits per heavy atom. The van der Waals surface area contributed by atoms with Gasteiger partial charge in [-0.3, -0.25) is 4.57 Å². The first-order chi connectivity index (χ1) is 17.3. The molecule has 8 nitrogen and oxygen atoms in total. The topological polar surface area (TPSA) is 97.1 Å². The second-order valence-corrected chi connectivity index (χ2v) is 7.45. The Morgan fingerprint density at radius 1 is 1.19 bits per heavy atom. The molecular formula is C21H23F3N6O2. The van der Waals surface area contributed by atoms with E-state index in [1.165, 1.54) is 6.20 Å². The zero-order valence-electron chi connectivity index (χ0n) is 21.7. The van der Waals surface area contributed by atoms with Gasteiger partial charge in [-0.05, 0) is 32.0 Å². The van der Waals surface area contributed by atoms with E-state index in [2.05, 4.69) is 25.6 Å². The monoisotopic (exact) mass is 453 g/mol. The van der Waals surface area contributed by atoms with Crippen molar-refractivity contribution >= 4 is 28.7 Å². The molecule has 2 aliphatic rings. The first-order valence-corrected chi connectivity index (χ1v) is 9.97. The maximum Gasteiger partial charge on any atom is 0.224 e. The molecule has 3 heterocycles. The van der Waals surface area contributed by atoms with Gasteiger partial charge in [-0.2, -0.15) is 4.98 Å². The molecule has 5 rings (SSSR count). The third-order valence-electron chi connectivity index (χ3n) is 5.24. The molecule has 0 spiro atoms. The van der Waals surface area contributed by atoms with Crippen LogP contribution in [-0.4, -0.2) is 49.9 Å². The molecule has 2 aromatic heterocycles. The number of nitrogens with zero attached hydrogens (tertiary/aromatic N) is 4. The zero-order chi connectivity index (χ0) is 26.8. The van der Waals surface area contributed by atoms with E-state index in [1.807, 2.05) is 0 Å². The maximum absolute atomic E-state index is 14.3. The quantitative estimate of drug-likeness (QED) is 0.542. The van der Waals surface area contributed by atoms with Crippen LogP contribution in [0.1, 0.15) is 44.9 Å². The fourth-order valence-corrected chi connectivity index (χ4v) is 3.68. The Labute approximate surface area is 188 Å². The van der Waals surface area contributed by atoms with E-state index in [0.29, 0.717) is 25.2 Å². The maximum atomic E-state index is 14.3. The van der Waals surface area contributed by atoms with Crippen LogP contribution in [0.3, 0.4) is 0 Å². The average molecular weight is 453 g/mol. The van der Waals surface area contributed by atoms with Gasteiger partial charge in [0.25, 0.3) is 0 Å². The van der Waals surface area contributed by atoms with E-state index in [1.54, 1.807) is 4.57 Å². The summed E-state index contributed by atoms with van der Waals surface area (Å²) in [6.07, 6.45) is -5.86. The summed E-state index contributed by atoms with van der Waals surface area (Å²) in [7, 11) is 0. The normalized spacial score (nSPS) is 34.3. The SMILES string of the molecule is [2H]C1CC([2H])(O)C([2H])([2H])CC1([2H])Nc1ncc2nc(Nc3c(F)cc(F)cc3F)n(C3CCOC3)c2n1. The number of aromatic nitrogens is 4. The lowest BCUT2D eigenvalue weighted by atomic mass is 9.93. The van der Waals surface area contributed by atoms with E-state index in [0.717, 1.165) is 0 Å². The molecule has 0 radical (unpaired) electrons. The molecule has 0 amide bonds. The van der Waals surface area contributed by atoms with Crippen molar-refractivity contribution in [1.82, 2.24) is 19.5 Å². The van der Waals surface area contributed by atoms with Gasteiger partial charge in [0.1, 0.15) is 17.0 Å². The second kappa shape index (κ2) is 8.55. The van der Waals surface area contributed by atoms with Crippen LogP contribution < -0.4 is 10.6 Å². The number of fused-ring (bicyclic) bond motifs is 1.